The van der Waals surface area contributed by atoms with Crippen LogP contribution >= 0.6 is 0 Å². The Balaban J connectivity index is 0.962. The number of para-hydroxylation sites is 2. The lowest BCUT2D eigenvalue weighted by Gasteiger charge is -2.35. The summed E-state index contributed by atoms with van der Waals surface area (Å²) < 4.78 is 6.45. The molecule has 13 rings (SSSR count). The van der Waals surface area contributed by atoms with E-state index in [1.54, 1.807) is 0 Å². The molecule has 0 fully saturated rings. The van der Waals surface area contributed by atoms with Crippen LogP contribution in [0.2, 0.25) is 0 Å². The molecule has 3 aliphatic carbocycles. The first-order chi connectivity index (χ1) is 30.3. The topological polar surface area (TPSA) is 16.4 Å². The number of rotatable bonds is 5. The van der Waals surface area contributed by atoms with Gasteiger partial charge in [-0.15, -0.1) is 0 Å². The van der Waals surface area contributed by atoms with Crippen molar-refractivity contribution in [3.63, 3.8) is 0 Å². The molecule has 10 aromatic rings. The molecule has 3 aliphatic rings. The van der Waals surface area contributed by atoms with Gasteiger partial charge in [-0.3, -0.25) is 0 Å². The number of hydrogen-bond acceptors (Lipinski definition) is 2. The third-order valence-corrected chi connectivity index (χ3v) is 13.6. The Morgan fingerprint density at radius 3 is 1.84 bits per heavy atom. The van der Waals surface area contributed by atoms with Crippen molar-refractivity contribution in [1.82, 2.24) is 0 Å². The lowest BCUT2D eigenvalue weighted by atomic mass is 9.66. The molecule has 2 heteroatoms. The molecule has 9 aromatic carbocycles. The lowest BCUT2D eigenvalue weighted by Crippen LogP contribution is -2.28. The highest BCUT2D eigenvalue weighted by molar-refractivity contribution is 6.10. The zero-order valence-electron chi connectivity index (χ0n) is 33.5. The Morgan fingerprint density at radius 2 is 1.02 bits per heavy atom. The largest absolute Gasteiger partial charge is 0.455 e. The monoisotopic (exact) mass is 777 g/mol. The molecule has 1 unspecified atom stereocenters. The van der Waals surface area contributed by atoms with Crippen LogP contribution in [0.1, 0.15) is 35.1 Å². The fraction of sp³-hybridized carbons (Fsp3) is 0.0508. The van der Waals surface area contributed by atoms with E-state index in [-0.39, 0.29) is 5.41 Å². The number of benzene rings is 9. The van der Waals surface area contributed by atoms with Crippen LogP contribution in [0.15, 0.2) is 222 Å². The molecule has 0 saturated heterocycles. The van der Waals surface area contributed by atoms with Crippen molar-refractivity contribution in [2.75, 3.05) is 4.90 Å². The Bertz CT molecular complexity index is 3470. The highest BCUT2D eigenvalue weighted by Crippen LogP contribution is 2.65. The van der Waals surface area contributed by atoms with Gasteiger partial charge in [0.05, 0.1) is 11.1 Å². The summed E-state index contributed by atoms with van der Waals surface area (Å²) in [5.74, 6) is 0. The van der Waals surface area contributed by atoms with Crippen molar-refractivity contribution in [2.45, 2.75) is 18.3 Å². The normalized spacial score (nSPS) is 16.0. The van der Waals surface area contributed by atoms with Gasteiger partial charge in [0.15, 0.2) is 0 Å². The van der Waals surface area contributed by atoms with Crippen LogP contribution in [0.25, 0.3) is 71.7 Å². The second-order valence-corrected chi connectivity index (χ2v) is 16.6. The minimum Gasteiger partial charge on any atom is -0.455 e. The SMILES string of the molecule is C1=CC2=C(CC1)C1(c3ccccc32)c2ccccc2-c2cccc(-c3ccc(N(c4ccc(-c5cccc6c5oc5ccccc56)cc4)c4cccc5ccccc45)cc3)c21. The van der Waals surface area contributed by atoms with E-state index in [0.717, 1.165) is 63.0 Å². The Hall–Kier alpha value is -7.68. The zero-order chi connectivity index (χ0) is 40.1. The predicted molar refractivity (Wildman–Crippen MR) is 254 cm³/mol. The number of hydrogen-bond donors (Lipinski definition) is 0. The molecular weight excluding hydrogens is 739 g/mol. The highest BCUT2D eigenvalue weighted by atomic mass is 16.3. The first kappa shape index (κ1) is 34.2. The van der Waals surface area contributed by atoms with E-state index in [4.69, 9.17) is 4.42 Å². The third-order valence-electron chi connectivity index (χ3n) is 13.6. The predicted octanol–water partition coefficient (Wildman–Crippen LogP) is 16.0. The maximum absolute atomic E-state index is 6.45. The van der Waals surface area contributed by atoms with Crippen LogP contribution in [-0.2, 0) is 5.41 Å². The molecule has 1 aromatic heterocycles. The molecule has 1 heterocycles. The molecular formula is C59H39NO. The molecule has 0 saturated carbocycles. The standard InChI is InChI=1S/C59H39NO/c1-2-16-43-38(14-1)15-11-28-55(43)60(42-36-32-40(33-37-42)45-22-13-24-51-49-20-6-10-29-56(49)61-58(45)51)41-34-30-39(31-35-41)44-21-12-23-50-48-19-5-9-27-54(48)59(57(44)50)52-25-7-3-17-46(52)47-18-4-8-26-53(47)59/h1-7,9-25,27-37H,8,26H2. The van der Waals surface area contributed by atoms with E-state index in [2.05, 4.69) is 205 Å². The zero-order valence-corrected chi connectivity index (χ0v) is 33.5. The summed E-state index contributed by atoms with van der Waals surface area (Å²) in [4.78, 5) is 2.41. The minimum absolute atomic E-state index is 0.332. The first-order valence-electron chi connectivity index (χ1n) is 21.4. The molecule has 0 bridgehead atoms. The average Bonchev–Trinajstić information content (AvgIpc) is 3.97. The van der Waals surface area contributed by atoms with Gasteiger partial charge in [0.2, 0.25) is 0 Å². The van der Waals surface area contributed by atoms with Gasteiger partial charge in [-0.1, -0.05) is 176 Å². The Morgan fingerprint density at radius 1 is 0.443 bits per heavy atom. The summed E-state index contributed by atoms with van der Waals surface area (Å²) >= 11 is 0. The van der Waals surface area contributed by atoms with Crippen molar-refractivity contribution in [2.24, 2.45) is 0 Å². The second kappa shape index (κ2) is 13.2. The summed E-state index contributed by atoms with van der Waals surface area (Å²) in [5, 5.41) is 4.69. The van der Waals surface area contributed by atoms with E-state index >= 15 is 0 Å². The van der Waals surface area contributed by atoms with E-state index < -0.39 is 0 Å². The lowest BCUT2D eigenvalue weighted by molar-refractivity contribution is 0.670. The smallest absolute Gasteiger partial charge is 0.143 e. The quantitative estimate of drug-likeness (QED) is 0.173. The fourth-order valence-electron chi connectivity index (χ4n) is 11.1. The Labute approximate surface area is 355 Å². The number of allylic oxidation sites excluding steroid dienone is 4. The van der Waals surface area contributed by atoms with Crippen molar-refractivity contribution < 1.29 is 4.42 Å². The third kappa shape index (κ3) is 4.85. The molecule has 1 atom stereocenters. The average molecular weight is 778 g/mol. The molecule has 0 radical (unpaired) electrons. The molecule has 0 N–H and O–H groups in total. The van der Waals surface area contributed by atoms with Crippen molar-refractivity contribution >= 4 is 55.3 Å². The molecule has 0 aliphatic heterocycles. The molecule has 0 amide bonds. The summed E-state index contributed by atoms with van der Waals surface area (Å²) in [5.41, 5.74) is 20.8. The van der Waals surface area contributed by atoms with Crippen LogP contribution in [0.4, 0.5) is 17.1 Å². The highest BCUT2D eigenvalue weighted by Gasteiger charge is 2.53. The molecule has 61 heavy (non-hydrogen) atoms. The van der Waals surface area contributed by atoms with E-state index in [0.29, 0.717) is 0 Å². The van der Waals surface area contributed by atoms with Gasteiger partial charge in [-0.05, 0) is 116 Å². The van der Waals surface area contributed by atoms with Crippen molar-refractivity contribution in [3.8, 4) is 33.4 Å². The van der Waals surface area contributed by atoms with Gasteiger partial charge >= 0.3 is 0 Å². The van der Waals surface area contributed by atoms with Crippen LogP contribution in [-0.4, -0.2) is 0 Å². The summed E-state index contributed by atoms with van der Waals surface area (Å²) in [7, 11) is 0. The number of fused-ring (bicyclic) bond motifs is 13. The van der Waals surface area contributed by atoms with Crippen LogP contribution in [0, 0.1) is 0 Å². The number of furan rings is 1. The Kier molecular flexibility index (Phi) is 7.38. The van der Waals surface area contributed by atoms with E-state index in [1.165, 1.54) is 66.4 Å². The van der Waals surface area contributed by atoms with Gasteiger partial charge in [-0.25, -0.2) is 0 Å². The molecule has 1 spiro atoms. The van der Waals surface area contributed by atoms with Crippen molar-refractivity contribution in [1.29, 1.82) is 0 Å². The van der Waals surface area contributed by atoms with E-state index in [9.17, 15) is 0 Å². The van der Waals surface area contributed by atoms with Gasteiger partial charge in [-0.2, -0.15) is 0 Å². The van der Waals surface area contributed by atoms with Gasteiger partial charge in [0, 0.05) is 33.1 Å². The molecule has 286 valence electrons. The fourth-order valence-corrected chi connectivity index (χ4v) is 11.1. The first-order valence-corrected chi connectivity index (χ1v) is 21.4. The van der Waals surface area contributed by atoms with Gasteiger partial charge in [0.25, 0.3) is 0 Å². The molecule has 2 nitrogen and oxygen atoms in total. The van der Waals surface area contributed by atoms with Crippen LogP contribution in [0.3, 0.4) is 0 Å². The maximum Gasteiger partial charge on any atom is 0.143 e. The van der Waals surface area contributed by atoms with Crippen LogP contribution < -0.4 is 4.90 Å². The van der Waals surface area contributed by atoms with Crippen molar-refractivity contribution in [3.05, 3.63) is 240 Å². The summed E-state index contributed by atoms with van der Waals surface area (Å²) in [6.45, 7) is 0. The second-order valence-electron chi connectivity index (χ2n) is 16.6. The van der Waals surface area contributed by atoms with Gasteiger partial charge < -0.3 is 9.32 Å². The summed E-state index contributed by atoms with van der Waals surface area (Å²) in [6, 6.07) is 73.6. The van der Waals surface area contributed by atoms with E-state index in [1.807, 2.05) is 12.1 Å². The minimum atomic E-state index is -0.332. The maximum atomic E-state index is 6.45. The number of nitrogens with zero attached hydrogens (tertiary/aromatic N) is 1. The summed E-state index contributed by atoms with van der Waals surface area (Å²) in [6.07, 6.45) is 6.85. The van der Waals surface area contributed by atoms with Crippen LogP contribution in [0.5, 0.6) is 0 Å². The van der Waals surface area contributed by atoms with Gasteiger partial charge in [0.1, 0.15) is 11.2 Å². The number of anilines is 3.